The summed E-state index contributed by atoms with van der Waals surface area (Å²) in [5, 5.41) is 13.7. The molecule has 1 aromatic carbocycles. The Morgan fingerprint density at radius 2 is 2.28 bits per heavy atom. The highest BCUT2D eigenvalue weighted by Gasteiger charge is 2.24. The zero-order valence-corrected chi connectivity index (χ0v) is 12.6. The van der Waals surface area contributed by atoms with Crippen LogP contribution in [0, 0.1) is 0 Å². The molecule has 2 N–H and O–H groups in total. The van der Waals surface area contributed by atoms with Gasteiger partial charge in [-0.25, -0.2) is 0 Å². The van der Waals surface area contributed by atoms with Gasteiger partial charge in [0.05, 0.1) is 5.60 Å². The monoisotopic (exact) mass is 283 g/mol. The standard InChI is InChI=1S/C14H21NOS2/c1-14(16,10-17-2)9-15-13-8-18-7-11-5-3-4-6-12(11)13/h3-6,13,15-16H,7-10H2,1-2H3. The average molecular weight is 283 g/mol. The Morgan fingerprint density at radius 3 is 3.06 bits per heavy atom. The van der Waals surface area contributed by atoms with E-state index in [0.29, 0.717) is 12.6 Å². The zero-order chi connectivity index (χ0) is 13.0. The summed E-state index contributed by atoms with van der Waals surface area (Å²) in [6, 6.07) is 8.98. The molecule has 0 aliphatic carbocycles. The average Bonchev–Trinajstić information content (AvgIpc) is 2.36. The van der Waals surface area contributed by atoms with E-state index >= 15 is 0 Å². The topological polar surface area (TPSA) is 32.3 Å². The molecule has 0 aromatic heterocycles. The highest BCUT2D eigenvalue weighted by molar-refractivity contribution is 7.98. The Balaban J connectivity index is 1.99. The molecular weight excluding hydrogens is 262 g/mol. The van der Waals surface area contributed by atoms with Crippen molar-refractivity contribution in [1.29, 1.82) is 0 Å². The van der Waals surface area contributed by atoms with Gasteiger partial charge in [-0.2, -0.15) is 23.5 Å². The number of fused-ring (bicyclic) bond motifs is 1. The molecule has 0 bridgehead atoms. The summed E-state index contributed by atoms with van der Waals surface area (Å²) in [7, 11) is 0. The van der Waals surface area contributed by atoms with Crippen LogP contribution >= 0.6 is 23.5 Å². The lowest BCUT2D eigenvalue weighted by molar-refractivity contribution is 0.0822. The fourth-order valence-electron chi connectivity index (χ4n) is 2.26. The van der Waals surface area contributed by atoms with E-state index in [1.165, 1.54) is 11.1 Å². The first kappa shape index (κ1) is 14.3. The minimum absolute atomic E-state index is 0.369. The molecule has 0 saturated carbocycles. The SMILES string of the molecule is CSCC(C)(O)CNC1CSCc2ccccc21. The minimum atomic E-state index is -0.628. The van der Waals surface area contributed by atoms with Crippen molar-refractivity contribution < 1.29 is 5.11 Å². The van der Waals surface area contributed by atoms with Gasteiger partial charge < -0.3 is 10.4 Å². The summed E-state index contributed by atoms with van der Waals surface area (Å²) in [5.41, 5.74) is 2.20. The summed E-state index contributed by atoms with van der Waals surface area (Å²) < 4.78 is 0. The van der Waals surface area contributed by atoms with Crippen LogP contribution in [0.25, 0.3) is 0 Å². The summed E-state index contributed by atoms with van der Waals surface area (Å²) in [6.07, 6.45) is 2.03. The molecular formula is C14H21NOS2. The zero-order valence-electron chi connectivity index (χ0n) is 11.0. The summed E-state index contributed by atoms with van der Waals surface area (Å²) in [4.78, 5) is 0. The molecule has 2 atom stereocenters. The predicted octanol–water partition coefficient (Wildman–Crippen LogP) is 2.68. The molecule has 1 aliphatic heterocycles. The highest BCUT2D eigenvalue weighted by Crippen LogP contribution is 2.31. The number of thioether (sulfide) groups is 2. The van der Waals surface area contributed by atoms with Crippen molar-refractivity contribution in [1.82, 2.24) is 5.32 Å². The van der Waals surface area contributed by atoms with Gasteiger partial charge in [0.2, 0.25) is 0 Å². The lowest BCUT2D eigenvalue weighted by Crippen LogP contribution is -2.42. The third kappa shape index (κ3) is 3.67. The lowest BCUT2D eigenvalue weighted by atomic mass is 10.0. The van der Waals surface area contributed by atoms with Gasteiger partial charge in [-0.15, -0.1) is 0 Å². The Labute approximate surface area is 118 Å². The summed E-state index contributed by atoms with van der Waals surface area (Å²) >= 11 is 3.65. The lowest BCUT2D eigenvalue weighted by Gasteiger charge is -2.30. The van der Waals surface area contributed by atoms with Gasteiger partial charge in [0.1, 0.15) is 0 Å². The van der Waals surface area contributed by atoms with Crippen molar-refractivity contribution in [3.8, 4) is 0 Å². The predicted molar refractivity (Wildman–Crippen MR) is 82.4 cm³/mol. The first-order chi connectivity index (χ1) is 8.62. The van der Waals surface area contributed by atoms with Gasteiger partial charge >= 0.3 is 0 Å². The van der Waals surface area contributed by atoms with Crippen molar-refractivity contribution in [3.05, 3.63) is 35.4 Å². The molecule has 0 spiro atoms. The van der Waals surface area contributed by atoms with Gasteiger partial charge in [-0.1, -0.05) is 24.3 Å². The van der Waals surface area contributed by atoms with E-state index in [1.54, 1.807) is 11.8 Å². The number of benzene rings is 1. The van der Waals surface area contributed by atoms with E-state index in [1.807, 2.05) is 24.9 Å². The molecule has 0 saturated heterocycles. The maximum atomic E-state index is 10.2. The van der Waals surface area contributed by atoms with E-state index < -0.39 is 5.60 Å². The third-order valence-corrected chi connectivity index (χ3v) is 5.15. The molecule has 0 amide bonds. The van der Waals surface area contributed by atoms with Gasteiger partial charge in [-0.05, 0) is 24.3 Å². The van der Waals surface area contributed by atoms with E-state index in [9.17, 15) is 5.11 Å². The summed E-state index contributed by atoms with van der Waals surface area (Å²) in [5.74, 6) is 2.96. The van der Waals surface area contributed by atoms with Crippen LogP contribution in [0.5, 0.6) is 0 Å². The van der Waals surface area contributed by atoms with Crippen LogP contribution in [0.1, 0.15) is 24.1 Å². The smallest absolute Gasteiger partial charge is 0.0833 e. The molecule has 2 nitrogen and oxygen atoms in total. The first-order valence-electron chi connectivity index (χ1n) is 6.23. The maximum Gasteiger partial charge on any atom is 0.0833 e. The quantitative estimate of drug-likeness (QED) is 0.870. The number of rotatable bonds is 5. The van der Waals surface area contributed by atoms with E-state index in [4.69, 9.17) is 0 Å². The molecule has 4 heteroatoms. The van der Waals surface area contributed by atoms with Crippen molar-refractivity contribution in [2.75, 3.05) is 24.3 Å². The molecule has 2 rings (SSSR count). The Morgan fingerprint density at radius 1 is 1.50 bits per heavy atom. The van der Waals surface area contributed by atoms with Gasteiger partial charge in [0, 0.05) is 29.8 Å². The maximum absolute atomic E-state index is 10.2. The fourth-order valence-corrected chi connectivity index (χ4v) is 4.11. The van der Waals surface area contributed by atoms with Crippen molar-refractivity contribution in [2.45, 2.75) is 24.3 Å². The molecule has 0 fully saturated rings. The van der Waals surface area contributed by atoms with E-state index in [2.05, 4.69) is 29.6 Å². The molecule has 100 valence electrons. The number of nitrogens with one attached hydrogen (secondary N) is 1. The van der Waals surface area contributed by atoms with E-state index in [0.717, 1.165) is 17.3 Å². The van der Waals surface area contributed by atoms with Crippen LogP contribution in [-0.2, 0) is 5.75 Å². The fraction of sp³-hybridized carbons (Fsp3) is 0.571. The molecule has 1 aliphatic rings. The normalized spacial score (nSPS) is 22.3. The Bertz CT molecular complexity index is 395. The second-order valence-corrected chi connectivity index (χ2v) is 6.97. The van der Waals surface area contributed by atoms with Crippen molar-refractivity contribution in [2.24, 2.45) is 0 Å². The van der Waals surface area contributed by atoms with Crippen LogP contribution in [0.15, 0.2) is 24.3 Å². The van der Waals surface area contributed by atoms with Gasteiger partial charge in [0.15, 0.2) is 0 Å². The largest absolute Gasteiger partial charge is 0.388 e. The Kier molecular flexibility index (Phi) is 5.01. The third-order valence-electron chi connectivity index (χ3n) is 3.16. The van der Waals surface area contributed by atoms with Gasteiger partial charge in [0.25, 0.3) is 0 Å². The molecule has 2 unspecified atom stereocenters. The second kappa shape index (κ2) is 6.33. The van der Waals surface area contributed by atoms with Crippen LogP contribution in [0.2, 0.25) is 0 Å². The van der Waals surface area contributed by atoms with Crippen molar-refractivity contribution in [3.63, 3.8) is 0 Å². The Hall–Kier alpha value is -0.160. The van der Waals surface area contributed by atoms with E-state index in [-0.39, 0.29) is 0 Å². The number of hydrogen-bond donors (Lipinski definition) is 2. The molecule has 1 aromatic rings. The number of hydrogen-bond acceptors (Lipinski definition) is 4. The second-order valence-electron chi connectivity index (χ2n) is 5.08. The van der Waals surface area contributed by atoms with Crippen molar-refractivity contribution >= 4 is 23.5 Å². The molecule has 0 radical (unpaired) electrons. The first-order valence-corrected chi connectivity index (χ1v) is 8.77. The molecule has 18 heavy (non-hydrogen) atoms. The van der Waals surface area contributed by atoms with Crippen LogP contribution in [0.3, 0.4) is 0 Å². The van der Waals surface area contributed by atoms with Crippen LogP contribution < -0.4 is 5.32 Å². The van der Waals surface area contributed by atoms with Crippen LogP contribution in [0.4, 0.5) is 0 Å². The molecule has 1 heterocycles. The number of aliphatic hydroxyl groups is 1. The minimum Gasteiger partial charge on any atom is -0.388 e. The summed E-state index contributed by atoms with van der Waals surface area (Å²) in [6.45, 7) is 2.55. The van der Waals surface area contributed by atoms with Gasteiger partial charge in [-0.3, -0.25) is 0 Å². The highest BCUT2D eigenvalue weighted by atomic mass is 32.2. The van der Waals surface area contributed by atoms with Crippen LogP contribution in [-0.4, -0.2) is 35.0 Å².